The fraction of sp³-hybridized carbons (Fsp3) is 0.857. The standard InChI is InChI=1S/C21H30O3/c1-12(22)13-6-8-20(2)14(10-13)11-17(23)19-15-4-5-18(24)21(15,3)9-7-16(19)20/h13-16,19H,4-11H2,1-3H3/t13-,14-,15-,16+,19-,20+,21+/m1/s1. The van der Waals surface area contributed by atoms with Crippen LogP contribution in [0.15, 0.2) is 0 Å². The van der Waals surface area contributed by atoms with E-state index in [-0.39, 0.29) is 28.6 Å². The molecule has 0 aliphatic heterocycles. The second-order valence-electron chi connectivity index (χ2n) is 9.61. The van der Waals surface area contributed by atoms with Gasteiger partial charge in [0, 0.05) is 30.1 Å². The van der Waals surface area contributed by atoms with Gasteiger partial charge in [0.25, 0.3) is 0 Å². The first-order valence-electron chi connectivity index (χ1n) is 9.84. The van der Waals surface area contributed by atoms with Crippen molar-refractivity contribution in [2.24, 2.45) is 40.4 Å². The molecule has 0 aromatic carbocycles. The highest BCUT2D eigenvalue weighted by atomic mass is 16.1. The molecule has 4 aliphatic rings. The fourth-order valence-corrected chi connectivity index (χ4v) is 7.07. The quantitative estimate of drug-likeness (QED) is 0.730. The Balaban J connectivity index is 1.66. The molecule has 4 fully saturated rings. The summed E-state index contributed by atoms with van der Waals surface area (Å²) in [6.45, 7) is 6.21. The monoisotopic (exact) mass is 330 g/mol. The van der Waals surface area contributed by atoms with E-state index in [1.807, 2.05) is 0 Å². The minimum atomic E-state index is -0.239. The Hall–Kier alpha value is -0.990. The molecule has 0 unspecified atom stereocenters. The first-order chi connectivity index (χ1) is 11.3. The zero-order chi connectivity index (χ0) is 17.3. The molecule has 4 saturated carbocycles. The molecule has 24 heavy (non-hydrogen) atoms. The van der Waals surface area contributed by atoms with E-state index < -0.39 is 0 Å². The molecule has 0 amide bonds. The first-order valence-corrected chi connectivity index (χ1v) is 9.84. The van der Waals surface area contributed by atoms with Gasteiger partial charge in [0.05, 0.1) is 0 Å². The van der Waals surface area contributed by atoms with Gasteiger partial charge in [-0.1, -0.05) is 13.8 Å². The molecule has 0 spiro atoms. The average molecular weight is 330 g/mol. The van der Waals surface area contributed by atoms with E-state index in [2.05, 4.69) is 13.8 Å². The normalized spacial score (nSPS) is 50.9. The number of carbonyl (C=O) groups is 3. The second kappa shape index (κ2) is 5.25. The summed E-state index contributed by atoms with van der Waals surface area (Å²) < 4.78 is 0. The third kappa shape index (κ3) is 2.05. The predicted molar refractivity (Wildman–Crippen MR) is 91.3 cm³/mol. The number of hydrogen-bond donors (Lipinski definition) is 0. The lowest BCUT2D eigenvalue weighted by Crippen LogP contribution is -2.57. The van der Waals surface area contributed by atoms with Gasteiger partial charge < -0.3 is 0 Å². The van der Waals surface area contributed by atoms with Crippen LogP contribution in [0, 0.1) is 40.4 Å². The van der Waals surface area contributed by atoms with Crippen LogP contribution in [0.3, 0.4) is 0 Å². The van der Waals surface area contributed by atoms with E-state index in [0.717, 1.165) is 38.5 Å². The summed E-state index contributed by atoms with van der Waals surface area (Å²) in [5.41, 5.74) is -0.0475. The van der Waals surface area contributed by atoms with E-state index in [4.69, 9.17) is 0 Å². The SMILES string of the molecule is CC(=O)[C@@H]1CC[C@@]2(C)[C@@H](CC(=O)[C@@H]3[C@H]4CCC(=O)[C@@]4(C)CC[C@@H]32)C1. The van der Waals surface area contributed by atoms with Gasteiger partial charge in [0.2, 0.25) is 0 Å². The number of Topliss-reactive ketones (excluding diaryl/α,β-unsaturated/α-hetero) is 3. The third-order valence-electron chi connectivity index (χ3n) is 8.75. The summed E-state index contributed by atoms with van der Waals surface area (Å²) in [5.74, 6) is 2.43. The number of hydrogen-bond acceptors (Lipinski definition) is 3. The van der Waals surface area contributed by atoms with Crippen LogP contribution in [0.5, 0.6) is 0 Å². The molecule has 4 rings (SSSR count). The number of carbonyl (C=O) groups excluding carboxylic acids is 3. The summed E-state index contributed by atoms with van der Waals surface area (Å²) in [6.07, 6.45) is 7.18. The maximum Gasteiger partial charge on any atom is 0.139 e. The molecular weight excluding hydrogens is 300 g/mol. The van der Waals surface area contributed by atoms with Crippen molar-refractivity contribution < 1.29 is 14.4 Å². The highest BCUT2D eigenvalue weighted by Crippen LogP contribution is 2.64. The van der Waals surface area contributed by atoms with Crippen molar-refractivity contribution in [1.82, 2.24) is 0 Å². The van der Waals surface area contributed by atoms with Crippen molar-refractivity contribution in [1.29, 1.82) is 0 Å². The van der Waals surface area contributed by atoms with Crippen molar-refractivity contribution in [3.05, 3.63) is 0 Å². The Kier molecular flexibility index (Phi) is 3.61. The van der Waals surface area contributed by atoms with Crippen LogP contribution in [0.25, 0.3) is 0 Å². The molecule has 0 radical (unpaired) electrons. The molecule has 3 heteroatoms. The van der Waals surface area contributed by atoms with Gasteiger partial charge in [-0.05, 0) is 68.6 Å². The van der Waals surface area contributed by atoms with Crippen molar-refractivity contribution in [3.8, 4) is 0 Å². The molecule has 0 aromatic rings. The van der Waals surface area contributed by atoms with Crippen LogP contribution in [0.1, 0.15) is 72.1 Å². The van der Waals surface area contributed by atoms with Gasteiger partial charge in [-0.2, -0.15) is 0 Å². The summed E-state index contributed by atoms with van der Waals surface area (Å²) >= 11 is 0. The van der Waals surface area contributed by atoms with Gasteiger partial charge in [-0.3, -0.25) is 14.4 Å². The molecule has 0 heterocycles. The van der Waals surface area contributed by atoms with Crippen molar-refractivity contribution >= 4 is 17.3 Å². The van der Waals surface area contributed by atoms with Crippen LogP contribution in [-0.4, -0.2) is 17.3 Å². The van der Waals surface area contributed by atoms with Crippen molar-refractivity contribution in [3.63, 3.8) is 0 Å². The Morgan fingerprint density at radius 1 is 1.04 bits per heavy atom. The largest absolute Gasteiger partial charge is 0.300 e. The van der Waals surface area contributed by atoms with Crippen LogP contribution in [0.4, 0.5) is 0 Å². The molecule has 0 saturated heterocycles. The lowest BCUT2D eigenvalue weighted by atomic mass is 9.44. The van der Waals surface area contributed by atoms with E-state index in [1.165, 1.54) is 0 Å². The lowest BCUT2D eigenvalue weighted by molar-refractivity contribution is -0.159. The van der Waals surface area contributed by atoms with E-state index in [0.29, 0.717) is 42.0 Å². The third-order valence-corrected chi connectivity index (χ3v) is 8.75. The molecule has 7 atom stereocenters. The molecule has 3 nitrogen and oxygen atoms in total. The maximum absolute atomic E-state index is 13.1. The van der Waals surface area contributed by atoms with Gasteiger partial charge in [-0.15, -0.1) is 0 Å². The van der Waals surface area contributed by atoms with Crippen molar-refractivity contribution in [2.75, 3.05) is 0 Å². The van der Waals surface area contributed by atoms with Crippen LogP contribution in [0.2, 0.25) is 0 Å². The lowest BCUT2D eigenvalue weighted by Gasteiger charge is -2.59. The van der Waals surface area contributed by atoms with Gasteiger partial charge in [-0.25, -0.2) is 0 Å². The molecule has 0 N–H and O–H groups in total. The second-order valence-corrected chi connectivity index (χ2v) is 9.61. The maximum atomic E-state index is 13.1. The summed E-state index contributed by atoms with van der Waals surface area (Å²) in [4.78, 5) is 37.4. The molecule has 0 bridgehead atoms. The molecule has 0 aromatic heterocycles. The predicted octanol–water partition coefficient (Wildman–Crippen LogP) is 3.98. The van der Waals surface area contributed by atoms with Gasteiger partial charge in [0.1, 0.15) is 17.3 Å². The fourth-order valence-electron chi connectivity index (χ4n) is 7.07. The minimum Gasteiger partial charge on any atom is -0.300 e. The van der Waals surface area contributed by atoms with E-state index in [1.54, 1.807) is 6.92 Å². The highest BCUT2D eigenvalue weighted by Gasteiger charge is 2.62. The Morgan fingerprint density at radius 2 is 1.79 bits per heavy atom. The number of fused-ring (bicyclic) bond motifs is 5. The molecule has 132 valence electrons. The highest BCUT2D eigenvalue weighted by molar-refractivity contribution is 5.90. The Bertz CT molecular complexity index is 608. The molecule has 4 aliphatic carbocycles. The summed E-state index contributed by atoms with van der Waals surface area (Å²) in [5, 5.41) is 0. The zero-order valence-corrected chi connectivity index (χ0v) is 15.3. The molecular formula is C21H30O3. The Labute approximate surface area is 144 Å². The van der Waals surface area contributed by atoms with Crippen molar-refractivity contribution in [2.45, 2.75) is 72.1 Å². The topological polar surface area (TPSA) is 51.2 Å². The summed E-state index contributed by atoms with van der Waals surface area (Å²) in [6, 6.07) is 0. The van der Waals surface area contributed by atoms with Crippen LogP contribution in [-0.2, 0) is 14.4 Å². The van der Waals surface area contributed by atoms with Crippen LogP contribution >= 0.6 is 0 Å². The number of rotatable bonds is 1. The van der Waals surface area contributed by atoms with E-state index in [9.17, 15) is 14.4 Å². The minimum absolute atomic E-state index is 0.102. The first kappa shape index (κ1) is 16.5. The average Bonchev–Trinajstić information content (AvgIpc) is 2.83. The zero-order valence-electron chi connectivity index (χ0n) is 15.3. The van der Waals surface area contributed by atoms with Gasteiger partial charge >= 0.3 is 0 Å². The Morgan fingerprint density at radius 3 is 2.50 bits per heavy atom. The van der Waals surface area contributed by atoms with Crippen LogP contribution < -0.4 is 0 Å². The smallest absolute Gasteiger partial charge is 0.139 e. The summed E-state index contributed by atoms with van der Waals surface area (Å²) in [7, 11) is 0. The van der Waals surface area contributed by atoms with E-state index >= 15 is 0 Å². The number of ketones is 3. The van der Waals surface area contributed by atoms with Gasteiger partial charge in [0.15, 0.2) is 0 Å².